The van der Waals surface area contributed by atoms with Gasteiger partial charge in [0.2, 0.25) is 0 Å². The van der Waals surface area contributed by atoms with Gasteiger partial charge in [-0.3, -0.25) is 0 Å². The molecular weight excluding hydrogens is 300 g/mol. The van der Waals surface area contributed by atoms with Crippen molar-refractivity contribution in [1.82, 2.24) is 0 Å². The third-order valence-electron chi connectivity index (χ3n) is 3.64. The summed E-state index contributed by atoms with van der Waals surface area (Å²) in [6, 6.07) is 6.20. The number of hydrogen-bond donors (Lipinski definition) is 0. The Morgan fingerprint density at radius 2 is 2.29 bits per heavy atom. The molecule has 1 saturated carbocycles. The highest BCUT2D eigenvalue weighted by Gasteiger charge is 2.34. The zero-order valence-corrected chi connectivity index (χ0v) is 12.6. The van der Waals surface area contributed by atoms with E-state index in [0.717, 1.165) is 29.5 Å². The van der Waals surface area contributed by atoms with Gasteiger partial charge in [0, 0.05) is 9.85 Å². The topological polar surface area (TPSA) is 9.23 Å². The van der Waals surface area contributed by atoms with E-state index in [0.29, 0.717) is 10.8 Å². The normalized spacial score (nSPS) is 28.4. The summed E-state index contributed by atoms with van der Waals surface area (Å²) in [5.74, 6) is 0.979. The van der Waals surface area contributed by atoms with E-state index >= 15 is 0 Å². The molecule has 2 unspecified atom stereocenters. The SMILES string of the molecule is COc1ccc(Br)cc1CC1(C)CCC(Cl)C1. The maximum Gasteiger partial charge on any atom is 0.122 e. The van der Waals surface area contributed by atoms with E-state index in [4.69, 9.17) is 16.3 Å². The van der Waals surface area contributed by atoms with Crippen LogP contribution in [0, 0.1) is 5.41 Å². The highest BCUT2D eigenvalue weighted by atomic mass is 79.9. The molecule has 1 aliphatic carbocycles. The second kappa shape index (κ2) is 5.19. The minimum Gasteiger partial charge on any atom is -0.496 e. The molecule has 94 valence electrons. The van der Waals surface area contributed by atoms with E-state index in [1.807, 2.05) is 12.1 Å². The Morgan fingerprint density at radius 3 is 2.88 bits per heavy atom. The molecule has 0 bridgehead atoms. The molecule has 1 nitrogen and oxygen atoms in total. The Labute approximate surface area is 117 Å². The van der Waals surface area contributed by atoms with Crippen molar-refractivity contribution >= 4 is 27.5 Å². The summed E-state index contributed by atoms with van der Waals surface area (Å²) in [6.45, 7) is 2.33. The number of benzene rings is 1. The molecule has 17 heavy (non-hydrogen) atoms. The highest BCUT2D eigenvalue weighted by molar-refractivity contribution is 9.10. The molecular formula is C14H18BrClO. The molecule has 2 rings (SSSR count). The fourth-order valence-electron chi connectivity index (χ4n) is 2.75. The first kappa shape index (κ1) is 13.2. The summed E-state index contributed by atoms with van der Waals surface area (Å²) in [5.41, 5.74) is 1.59. The van der Waals surface area contributed by atoms with E-state index in [9.17, 15) is 0 Å². The van der Waals surface area contributed by atoms with Crippen LogP contribution in [0.3, 0.4) is 0 Å². The fourth-order valence-corrected chi connectivity index (χ4v) is 3.64. The van der Waals surface area contributed by atoms with Crippen molar-refractivity contribution in [1.29, 1.82) is 0 Å². The molecule has 1 aromatic carbocycles. The molecule has 0 aliphatic heterocycles. The van der Waals surface area contributed by atoms with Gasteiger partial charge in [-0.2, -0.15) is 0 Å². The van der Waals surface area contributed by atoms with Crippen LogP contribution in [0.1, 0.15) is 31.7 Å². The Bertz CT molecular complexity index is 407. The van der Waals surface area contributed by atoms with E-state index in [1.54, 1.807) is 7.11 Å². The predicted octanol–water partition coefficient (Wildman–Crippen LogP) is 4.80. The lowest BCUT2D eigenvalue weighted by atomic mass is 9.82. The number of halogens is 2. The molecule has 0 N–H and O–H groups in total. The number of ether oxygens (including phenoxy) is 1. The van der Waals surface area contributed by atoms with Gasteiger partial charge in [-0.15, -0.1) is 11.6 Å². The van der Waals surface area contributed by atoms with Gasteiger partial charge in [-0.25, -0.2) is 0 Å². The minimum absolute atomic E-state index is 0.320. The smallest absolute Gasteiger partial charge is 0.122 e. The quantitative estimate of drug-likeness (QED) is 0.728. The van der Waals surface area contributed by atoms with Gasteiger partial charge < -0.3 is 4.74 Å². The maximum atomic E-state index is 6.23. The monoisotopic (exact) mass is 316 g/mol. The minimum atomic E-state index is 0.320. The molecule has 0 aromatic heterocycles. The van der Waals surface area contributed by atoms with Gasteiger partial charge in [-0.1, -0.05) is 22.9 Å². The lowest BCUT2D eigenvalue weighted by Gasteiger charge is -2.24. The molecule has 0 saturated heterocycles. The molecule has 3 heteroatoms. The van der Waals surface area contributed by atoms with E-state index in [-0.39, 0.29) is 0 Å². The highest BCUT2D eigenvalue weighted by Crippen LogP contribution is 2.44. The van der Waals surface area contributed by atoms with Crippen molar-refractivity contribution in [2.75, 3.05) is 7.11 Å². The first-order valence-electron chi connectivity index (χ1n) is 5.99. The lowest BCUT2D eigenvalue weighted by Crippen LogP contribution is -2.16. The molecule has 0 amide bonds. The standard InChI is InChI=1S/C14H18BrClO/c1-14(6-5-12(16)9-14)8-10-7-11(15)3-4-13(10)17-2/h3-4,7,12H,5-6,8-9H2,1-2H3. The molecule has 1 fully saturated rings. The first-order valence-corrected chi connectivity index (χ1v) is 7.22. The zero-order chi connectivity index (χ0) is 12.5. The van der Waals surface area contributed by atoms with Crippen LogP contribution in [0.2, 0.25) is 0 Å². The van der Waals surface area contributed by atoms with Gasteiger partial charge in [0.25, 0.3) is 0 Å². The van der Waals surface area contributed by atoms with Crippen LogP contribution in [0.5, 0.6) is 5.75 Å². The first-order chi connectivity index (χ1) is 8.02. The average Bonchev–Trinajstić information content (AvgIpc) is 2.59. The number of rotatable bonds is 3. The number of hydrogen-bond acceptors (Lipinski definition) is 1. The fraction of sp³-hybridized carbons (Fsp3) is 0.571. The van der Waals surface area contributed by atoms with Crippen molar-refractivity contribution in [2.24, 2.45) is 5.41 Å². The van der Waals surface area contributed by atoms with Crippen LogP contribution in [-0.2, 0) is 6.42 Å². The van der Waals surface area contributed by atoms with Gasteiger partial charge in [-0.05, 0) is 54.9 Å². The summed E-state index contributed by atoms with van der Waals surface area (Å²) in [5, 5.41) is 0.346. The largest absolute Gasteiger partial charge is 0.496 e. The summed E-state index contributed by atoms with van der Waals surface area (Å²) in [7, 11) is 1.73. The van der Waals surface area contributed by atoms with Crippen LogP contribution in [0.25, 0.3) is 0 Å². The summed E-state index contributed by atoms with van der Waals surface area (Å²) < 4.78 is 6.54. The summed E-state index contributed by atoms with van der Waals surface area (Å²) >= 11 is 9.75. The van der Waals surface area contributed by atoms with Crippen LogP contribution in [0.15, 0.2) is 22.7 Å². The van der Waals surface area contributed by atoms with E-state index in [2.05, 4.69) is 28.9 Å². The Hall–Kier alpha value is -0.210. The van der Waals surface area contributed by atoms with Crippen LogP contribution >= 0.6 is 27.5 Å². The summed E-state index contributed by atoms with van der Waals surface area (Å²) in [4.78, 5) is 0. The second-order valence-corrected chi connectivity index (χ2v) is 6.82. The van der Waals surface area contributed by atoms with Gasteiger partial charge in [0.05, 0.1) is 7.11 Å². The molecule has 0 heterocycles. The third-order valence-corrected chi connectivity index (χ3v) is 4.50. The molecule has 2 atom stereocenters. The number of methoxy groups -OCH3 is 1. The van der Waals surface area contributed by atoms with Gasteiger partial charge in [0.1, 0.15) is 5.75 Å². The van der Waals surface area contributed by atoms with Crippen molar-refractivity contribution in [3.05, 3.63) is 28.2 Å². The van der Waals surface area contributed by atoms with Crippen LogP contribution in [-0.4, -0.2) is 12.5 Å². The van der Waals surface area contributed by atoms with Crippen molar-refractivity contribution in [2.45, 2.75) is 38.0 Å². The molecule has 1 aliphatic rings. The number of alkyl halides is 1. The molecule has 0 radical (unpaired) electrons. The average molecular weight is 318 g/mol. The Kier molecular flexibility index (Phi) is 4.04. The molecule has 0 spiro atoms. The van der Waals surface area contributed by atoms with Gasteiger partial charge in [0.15, 0.2) is 0 Å². The second-order valence-electron chi connectivity index (χ2n) is 5.28. The zero-order valence-electron chi connectivity index (χ0n) is 10.3. The van der Waals surface area contributed by atoms with Crippen molar-refractivity contribution in [3.8, 4) is 5.75 Å². The van der Waals surface area contributed by atoms with E-state index < -0.39 is 0 Å². The summed E-state index contributed by atoms with van der Waals surface area (Å²) in [6.07, 6.45) is 4.48. The van der Waals surface area contributed by atoms with Crippen LogP contribution in [0.4, 0.5) is 0 Å². The van der Waals surface area contributed by atoms with Gasteiger partial charge >= 0.3 is 0 Å². The lowest BCUT2D eigenvalue weighted by molar-refractivity contribution is 0.325. The molecule has 1 aromatic rings. The van der Waals surface area contributed by atoms with Crippen LogP contribution < -0.4 is 4.74 Å². The van der Waals surface area contributed by atoms with Crippen molar-refractivity contribution < 1.29 is 4.74 Å². The third kappa shape index (κ3) is 3.17. The Balaban J connectivity index is 2.20. The van der Waals surface area contributed by atoms with E-state index in [1.165, 1.54) is 12.0 Å². The maximum absolute atomic E-state index is 6.23. The predicted molar refractivity (Wildman–Crippen MR) is 76.0 cm³/mol. The van der Waals surface area contributed by atoms with Crippen molar-refractivity contribution in [3.63, 3.8) is 0 Å². The Morgan fingerprint density at radius 1 is 1.53 bits per heavy atom.